The Hall–Kier alpha value is -2.00. The molecule has 0 bridgehead atoms. The summed E-state index contributed by atoms with van der Waals surface area (Å²) in [5.41, 5.74) is 0.744. The van der Waals surface area contributed by atoms with Gasteiger partial charge in [0.1, 0.15) is 5.52 Å². The molecule has 0 radical (unpaired) electrons. The van der Waals surface area contributed by atoms with Gasteiger partial charge in [0.15, 0.2) is 15.0 Å². The molecule has 0 spiro atoms. The minimum Gasteiger partial charge on any atom is -0.376 e. The van der Waals surface area contributed by atoms with E-state index >= 15 is 0 Å². The third-order valence-corrected chi connectivity index (χ3v) is 7.27. The molecule has 3 aromatic rings. The molecule has 1 aliphatic heterocycles. The molecule has 1 aromatic heterocycles. The summed E-state index contributed by atoms with van der Waals surface area (Å²) in [5.74, 6) is -0.420. The summed E-state index contributed by atoms with van der Waals surface area (Å²) in [6, 6.07) is 11.7. The summed E-state index contributed by atoms with van der Waals surface area (Å²) < 4.78 is 31.0. The lowest BCUT2D eigenvalue weighted by atomic mass is 10.1. The number of ether oxygens (including phenoxy) is 1. The zero-order valence-electron chi connectivity index (χ0n) is 15.7. The summed E-state index contributed by atoms with van der Waals surface area (Å²) in [4.78, 5) is 19.6. The van der Waals surface area contributed by atoms with Crippen LogP contribution in [0.3, 0.4) is 0 Å². The highest BCUT2D eigenvalue weighted by Crippen LogP contribution is 2.34. The Balaban J connectivity index is 1.80. The van der Waals surface area contributed by atoms with Crippen molar-refractivity contribution in [2.24, 2.45) is 0 Å². The Bertz CT molecular complexity index is 1170. The third kappa shape index (κ3) is 4.16. The molecule has 9 heteroatoms. The van der Waals surface area contributed by atoms with E-state index in [1.54, 1.807) is 18.2 Å². The highest BCUT2D eigenvalue weighted by atomic mass is 35.5. The lowest BCUT2D eigenvalue weighted by Crippen LogP contribution is -2.38. The predicted molar refractivity (Wildman–Crippen MR) is 115 cm³/mol. The molecule has 152 valence electrons. The van der Waals surface area contributed by atoms with Crippen molar-refractivity contribution in [1.29, 1.82) is 0 Å². The summed E-state index contributed by atoms with van der Waals surface area (Å²) in [5, 5.41) is 0.975. The number of anilines is 1. The molecule has 1 aliphatic rings. The van der Waals surface area contributed by atoms with Gasteiger partial charge >= 0.3 is 0 Å². The molecular formula is C20H19ClN2O4S2. The highest BCUT2D eigenvalue weighted by molar-refractivity contribution is 7.90. The van der Waals surface area contributed by atoms with E-state index in [-0.39, 0.29) is 16.6 Å². The molecule has 1 saturated heterocycles. The molecule has 6 nitrogen and oxygen atoms in total. The number of amides is 1. The van der Waals surface area contributed by atoms with E-state index in [2.05, 4.69) is 4.98 Å². The number of aromatic nitrogens is 1. The molecule has 0 aliphatic carbocycles. The fraction of sp³-hybridized carbons (Fsp3) is 0.300. The summed E-state index contributed by atoms with van der Waals surface area (Å²) in [6.07, 6.45) is 2.74. The van der Waals surface area contributed by atoms with Crippen molar-refractivity contribution in [3.63, 3.8) is 0 Å². The number of fused-ring (bicyclic) bond motifs is 1. The standard InChI is InChI=1S/C20H19ClN2O4S2/c1-29(25,26)17-10-3-2-7-14(17)19(24)23(12-13-6-5-11-27-13)20-22-18-15(21)8-4-9-16(18)28-20/h2-4,7-10,13H,5-6,11-12H2,1H3. The van der Waals surface area contributed by atoms with Crippen LogP contribution in [0, 0.1) is 0 Å². The Morgan fingerprint density at radius 2 is 2.07 bits per heavy atom. The maximum Gasteiger partial charge on any atom is 0.261 e. The monoisotopic (exact) mass is 450 g/mol. The van der Waals surface area contributed by atoms with Crippen LogP contribution in [0.25, 0.3) is 10.2 Å². The second-order valence-corrected chi connectivity index (χ2v) is 10.3. The molecule has 4 rings (SSSR count). The third-order valence-electron chi connectivity index (χ3n) is 4.76. The molecule has 0 saturated carbocycles. The predicted octanol–water partition coefficient (Wildman–Crippen LogP) is 4.18. The van der Waals surface area contributed by atoms with Gasteiger partial charge in [-0.05, 0) is 37.1 Å². The lowest BCUT2D eigenvalue weighted by Gasteiger charge is -2.24. The number of hydrogen-bond donors (Lipinski definition) is 0. The van der Waals surface area contributed by atoms with Crippen LogP contribution in [0.4, 0.5) is 5.13 Å². The van der Waals surface area contributed by atoms with E-state index < -0.39 is 15.7 Å². The molecule has 1 unspecified atom stereocenters. The van der Waals surface area contributed by atoms with Crippen LogP contribution in [0.1, 0.15) is 23.2 Å². The van der Waals surface area contributed by atoms with Gasteiger partial charge in [0, 0.05) is 12.9 Å². The Labute approximate surface area is 178 Å². The molecule has 1 amide bonds. The van der Waals surface area contributed by atoms with Crippen LogP contribution in [0.15, 0.2) is 47.4 Å². The van der Waals surface area contributed by atoms with Gasteiger partial charge in [0.2, 0.25) is 0 Å². The average Bonchev–Trinajstić information content (AvgIpc) is 3.35. The molecule has 1 atom stereocenters. The fourth-order valence-corrected chi connectivity index (χ4v) is 5.52. The van der Waals surface area contributed by atoms with Crippen LogP contribution in [-0.2, 0) is 14.6 Å². The highest BCUT2D eigenvalue weighted by Gasteiger charge is 2.30. The number of halogens is 1. The Morgan fingerprint density at radius 1 is 1.28 bits per heavy atom. The van der Waals surface area contributed by atoms with Crippen LogP contribution in [0.5, 0.6) is 0 Å². The second-order valence-electron chi connectivity index (χ2n) is 6.90. The number of carbonyl (C=O) groups excluding carboxylic acids is 1. The van der Waals surface area contributed by atoms with Crippen molar-refractivity contribution in [2.45, 2.75) is 23.8 Å². The van der Waals surface area contributed by atoms with Gasteiger partial charge < -0.3 is 4.74 Å². The molecule has 2 aromatic carbocycles. The first-order valence-corrected chi connectivity index (χ1v) is 12.2. The van der Waals surface area contributed by atoms with E-state index in [4.69, 9.17) is 16.3 Å². The van der Waals surface area contributed by atoms with Crippen LogP contribution in [-0.4, -0.2) is 44.8 Å². The maximum atomic E-state index is 13.5. The summed E-state index contributed by atoms with van der Waals surface area (Å²) in [7, 11) is -3.57. The molecule has 2 heterocycles. The van der Waals surface area contributed by atoms with Gasteiger partial charge in [-0.25, -0.2) is 13.4 Å². The van der Waals surface area contributed by atoms with Gasteiger partial charge in [-0.1, -0.05) is 41.1 Å². The quantitative estimate of drug-likeness (QED) is 0.582. The van der Waals surface area contributed by atoms with Crippen LogP contribution < -0.4 is 4.90 Å². The first-order chi connectivity index (χ1) is 13.8. The first-order valence-electron chi connectivity index (χ1n) is 9.12. The number of carbonyl (C=O) groups is 1. The van der Waals surface area contributed by atoms with Crippen molar-refractivity contribution < 1.29 is 17.9 Å². The van der Waals surface area contributed by atoms with Gasteiger partial charge in [0.25, 0.3) is 5.91 Å². The number of thiazole rings is 1. The van der Waals surface area contributed by atoms with Crippen molar-refractivity contribution in [3.8, 4) is 0 Å². The Kier molecular flexibility index (Phi) is 5.61. The number of rotatable bonds is 5. The number of hydrogen-bond acceptors (Lipinski definition) is 6. The van der Waals surface area contributed by atoms with Crippen molar-refractivity contribution in [3.05, 3.63) is 53.1 Å². The zero-order valence-corrected chi connectivity index (χ0v) is 18.1. The Morgan fingerprint density at radius 3 is 2.76 bits per heavy atom. The topological polar surface area (TPSA) is 76.6 Å². The smallest absolute Gasteiger partial charge is 0.261 e. The van der Waals surface area contributed by atoms with Gasteiger partial charge in [-0.2, -0.15) is 0 Å². The second kappa shape index (κ2) is 8.02. The molecule has 0 N–H and O–H groups in total. The van der Waals surface area contributed by atoms with Gasteiger partial charge in [0.05, 0.1) is 32.8 Å². The zero-order chi connectivity index (χ0) is 20.6. The first kappa shape index (κ1) is 20.3. The van der Waals surface area contributed by atoms with Gasteiger partial charge in [-0.3, -0.25) is 9.69 Å². The number of sulfone groups is 1. The van der Waals surface area contributed by atoms with E-state index in [0.717, 1.165) is 23.8 Å². The van der Waals surface area contributed by atoms with Crippen molar-refractivity contribution in [2.75, 3.05) is 24.3 Å². The number of benzene rings is 2. The fourth-order valence-electron chi connectivity index (χ4n) is 3.37. The largest absolute Gasteiger partial charge is 0.376 e. The molecule has 1 fully saturated rings. The SMILES string of the molecule is CS(=O)(=O)c1ccccc1C(=O)N(CC1CCCO1)c1nc2c(Cl)cccc2s1. The van der Waals surface area contributed by atoms with Crippen LogP contribution in [0.2, 0.25) is 5.02 Å². The number of para-hydroxylation sites is 1. The van der Waals surface area contributed by atoms with E-state index in [1.165, 1.54) is 28.4 Å². The maximum absolute atomic E-state index is 13.5. The van der Waals surface area contributed by atoms with Crippen molar-refractivity contribution >= 4 is 54.0 Å². The van der Waals surface area contributed by atoms with Gasteiger partial charge in [-0.15, -0.1) is 0 Å². The minimum absolute atomic E-state index is 0.00137. The normalized spacial score (nSPS) is 17.0. The molecule has 29 heavy (non-hydrogen) atoms. The average molecular weight is 451 g/mol. The molecular weight excluding hydrogens is 432 g/mol. The summed E-state index contributed by atoms with van der Waals surface area (Å²) >= 11 is 7.61. The lowest BCUT2D eigenvalue weighted by molar-refractivity contribution is 0.0915. The van der Waals surface area contributed by atoms with Crippen LogP contribution >= 0.6 is 22.9 Å². The summed E-state index contributed by atoms with van der Waals surface area (Å²) in [6.45, 7) is 0.951. The van der Waals surface area contributed by atoms with E-state index in [9.17, 15) is 13.2 Å². The number of nitrogens with zero attached hydrogens (tertiary/aromatic N) is 2. The van der Waals surface area contributed by atoms with E-state index in [1.807, 2.05) is 12.1 Å². The van der Waals surface area contributed by atoms with E-state index in [0.29, 0.717) is 28.8 Å². The van der Waals surface area contributed by atoms with Crippen molar-refractivity contribution in [1.82, 2.24) is 4.98 Å². The minimum atomic E-state index is -3.57.